The molecule has 3 aromatic carbocycles. The van der Waals surface area contributed by atoms with Gasteiger partial charge in [0.15, 0.2) is 5.82 Å². The lowest BCUT2D eigenvalue weighted by atomic mass is 9.95. The first kappa shape index (κ1) is 19.6. The molecule has 5 rings (SSSR count). The van der Waals surface area contributed by atoms with Gasteiger partial charge in [0.25, 0.3) is 0 Å². The molecule has 0 radical (unpaired) electrons. The molecule has 4 aromatic rings. The second kappa shape index (κ2) is 8.82. The van der Waals surface area contributed by atoms with E-state index < -0.39 is 0 Å². The summed E-state index contributed by atoms with van der Waals surface area (Å²) in [5.41, 5.74) is 6.64. The third-order valence-corrected chi connectivity index (χ3v) is 6.18. The molecule has 5 nitrogen and oxygen atoms in total. The minimum Gasteiger partial charge on any atom is -0.285 e. The van der Waals surface area contributed by atoms with Crippen molar-refractivity contribution in [3.63, 3.8) is 0 Å². The van der Waals surface area contributed by atoms with Crippen molar-refractivity contribution in [3.8, 4) is 0 Å². The summed E-state index contributed by atoms with van der Waals surface area (Å²) in [6.07, 6.45) is 1.95. The van der Waals surface area contributed by atoms with Crippen LogP contribution in [0.2, 0.25) is 0 Å². The zero-order chi connectivity index (χ0) is 21.0. The molecule has 0 spiro atoms. The van der Waals surface area contributed by atoms with E-state index in [1.807, 2.05) is 10.7 Å². The Balaban J connectivity index is 1.47. The van der Waals surface area contributed by atoms with E-state index in [4.69, 9.17) is 0 Å². The summed E-state index contributed by atoms with van der Waals surface area (Å²) in [4.78, 5) is 2.51. The molecule has 0 saturated heterocycles. The molecular formula is C26H27N5. The van der Waals surface area contributed by atoms with Crippen LogP contribution < -0.4 is 0 Å². The summed E-state index contributed by atoms with van der Waals surface area (Å²) in [5, 5.41) is 13.0. The zero-order valence-electron chi connectivity index (χ0n) is 17.9. The fourth-order valence-electron chi connectivity index (χ4n) is 4.46. The first-order valence-corrected chi connectivity index (χ1v) is 11.0. The van der Waals surface area contributed by atoms with E-state index in [9.17, 15) is 0 Å². The zero-order valence-corrected chi connectivity index (χ0v) is 17.9. The average molecular weight is 410 g/mol. The molecular weight excluding hydrogens is 382 g/mol. The number of rotatable bonds is 6. The molecule has 0 unspecified atom stereocenters. The Labute approximate surface area is 183 Å². The maximum atomic E-state index is 4.52. The van der Waals surface area contributed by atoms with Crippen LogP contribution in [0.4, 0.5) is 0 Å². The third-order valence-electron chi connectivity index (χ3n) is 6.18. The molecule has 0 saturated carbocycles. The van der Waals surface area contributed by atoms with E-state index in [0.717, 1.165) is 38.3 Å². The number of nitrogens with zero attached hydrogens (tertiary/aromatic N) is 5. The molecule has 31 heavy (non-hydrogen) atoms. The molecule has 1 aliphatic rings. The number of aromatic nitrogens is 4. The minimum absolute atomic E-state index is 0.0275. The van der Waals surface area contributed by atoms with Gasteiger partial charge in [0.2, 0.25) is 0 Å². The van der Waals surface area contributed by atoms with Crippen molar-refractivity contribution in [2.75, 3.05) is 6.54 Å². The predicted molar refractivity (Wildman–Crippen MR) is 122 cm³/mol. The predicted octanol–water partition coefficient (Wildman–Crippen LogP) is 4.37. The summed E-state index contributed by atoms with van der Waals surface area (Å²) in [7, 11) is 0. The van der Waals surface area contributed by atoms with Crippen molar-refractivity contribution in [1.82, 2.24) is 25.1 Å². The van der Waals surface area contributed by atoms with Gasteiger partial charge in [-0.3, -0.25) is 4.90 Å². The molecule has 0 fully saturated rings. The van der Waals surface area contributed by atoms with Gasteiger partial charge in [-0.15, -0.1) is 5.10 Å². The SMILES string of the molecule is Cc1ccc([C@H](c2nnnn2CCc2ccccc2)N2CCc3ccccc3C2)cc1. The normalized spacial score (nSPS) is 14.9. The molecule has 1 aromatic heterocycles. The third kappa shape index (κ3) is 4.28. The van der Waals surface area contributed by atoms with Crippen molar-refractivity contribution in [2.24, 2.45) is 0 Å². The highest BCUT2D eigenvalue weighted by atomic mass is 15.5. The quantitative estimate of drug-likeness (QED) is 0.474. The van der Waals surface area contributed by atoms with Crippen LogP contribution in [0.3, 0.4) is 0 Å². The number of fused-ring (bicyclic) bond motifs is 1. The van der Waals surface area contributed by atoms with Crippen molar-refractivity contribution in [1.29, 1.82) is 0 Å². The Bertz CT molecular complexity index is 1130. The molecule has 2 heterocycles. The molecule has 1 aliphatic heterocycles. The Morgan fingerprint density at radius 3 is 2.42 bits per heavy atom. The summed E-state index contributed by atoms with van der Waals surface area (Å²) < 4.78 is 1.98. The van der Waals surface area contributed by atoms with E-state index in [1.54, 1.807) is 0 Å². The van der Waals surface area contributed by atoms with Crippen LogP contribution in [0.1, 0.15) is 39.7 Å². The highest BCUT2D eigenvalue weighted by Gasteiger charge is 2.30. The van der Waals surface area contributed by atoms with Crippen LogP contribution >= 0.6 is 0 Å². The van der Waals surface area contributed by atoms with E-state index in [-0.39, 0.29) is 6.04 Å². The smallest absolute Gasteiger partial charge is 0.173 e. The fourth-order valence-corrected chi connectivity index (χ4v) is 4.46. The molecule has 0 N–H and O–H groups in total. The second-order valence-corrected chi connectivity index (χ2v) is 8.30. The summed E-state index contributed by atoms with van der Waals surface area (Å²) in [5.74, 6) is 0.916. The lowest BCUT2D eigenvalue weighted by Gasteiger charge is -2.35. The average Bonchev–Trinajstić information content (AvgIpc) is 3.28. The number of aryl methyl sites for hydroxylation is 3. The molecule has 0 amide bonds. The largest absolute Gasteiger partial charge is 0.285 e. The lowest BCUT2D eigenvalue weighted by Crippen LogP contribution is -2.36. The van der Waals surface area contributed by atoms with Gasteiger partial charge in [-0.05, 0) is 52.4 Å². The van der Waals surface area contributed by atoms with Crippen LogP contribution in [0, 0.1) is 6.92 Å². The molecule has 0 bridgehead atoms. The summed E-state index contributed by atoms with van der Waals surface area (Å²) in [6.45, 7) is 4.78. The van der Waals surface area contributed by atoms with Crippen molar-refractivity contribution in [2.45, 2.75) is 38.9 Å². The number of benzene rings is 3. The lowest BCUT2D eigenvalue weighted by molar-refractivity contribution is 0.194. The standard InChI is InChI=1S/C26H27N5/c1-20-11-13-23(14-12-20)25(30-17-16-22-9-5-6-10-24(22)19-30)26-27-28-29-31(26)18-15-21-7-3-2-4-8-21/h2-14,25H,15-19H2,1H3/t25-/m1/s1. The Hall–Kier alpha value is -3.31. The molecule has 156 valence electrons. The van der Waals surface area contributed by atoms with Crippen molar-refractivity contribution in [3.05, 3.63) is 113 Å². The van der Waals surface area contributed by atoms with Crippen LogP contribution in [0.15, 0.2) is 78.9 Å². The Morgan fingerprint density at radius 2 is 1.61 bits per heavy atom. The first-order chi connectivity index (χ1) is 15.3. The van der Waals surface area contributed by atoms with Gasteiger partial charge in [0.1, 0.15) is 0 Å². The van der Waals surface area contributed by atoms with Gasteiger partial charge in [-0.2, -0.15) is 0 Å². The molecule has 0 aliphatic carbocycles. The summed E-state index contributed by atoms with van der Waals surface area (Å²) in [6, 6.07) is 28.1. The molecule has 1 atom stereocenters. The monoisotopic (exact) mass is 409 g/mol. The van der Waals surface area contributed by atoms with Crippen molar-refractivity contribution >= 4 is 0 Å². The van der Waals surface area contributed by atoms with E-state index in [2.05, 4.69) is 100 Å². The van der Waals surface area contributed by atoms with Gasteiger partial charge in [0.05, 0.1) is 6.04 Å². The highest BCUT2D eigenvalue weighted by Crippen LogP contribution is 2.32. The van der Waals surface area contributed by atoms with Gasteiger partial charge < -0.3 is 0 Å². The van der Waals surface area contributed by atoms with Crippen LogP contribution in [-0.4, -0.2) is 31.7 Å². The number of hydrogen-bond donors (Lipinski definition) is 0. The fraction of sp³-hybridized carbons (Fsp3) is 0.269. The van der Waals surface area contributed by atoms with Crippen LogP contribution in [0.25, 0.3) is 0 Å². The van der Waals surface area contributed by atoms with E-state index >= 15 is 0 Å². The first-order valence-electron chi connectivity index (χ1n) is 11.0. The molecule has 5 heteroatoms. The van der Waals surface area contributed by atoms with E-state index in [0.29, 0.717) is 0 Å². The van der Waals surface area contributed by atoms with Crippen LogP contribution in [0.5, 0.6) is 0 Å². The maximum absolute atomic E-state index is 4.52. The summed E-state index contributed by atoms with van der Waals surface area (Å²) >= 11 is 0. The minimum atomic E-state index is 0.0275. The van der Waals surface area contributed by atoms with Gasteiger partial charge >= 0.3 is 0 Å². The van der Waals surface area contributed by atoms with Gasteiger partial charge in [-0.25, -0.2) is 4.68 Å². The Kier molecular flexibility index (Phi) is 5.59. The van der Waals surface area contributed by atoms with E-state index in [1.165, 1.54) is 27.8 Å². The van der Waals surface area contributed by atoms with Gasteiger partial charge in [-0.1, -0.05) is 84.4 Å². The topological polar surface area (TPSA) is 46.8 Å². The van der Waals surface area contributed by atoms with Crippen molar-refractivity contribution < 1.29 is 0 Å². The second-order valence-electron chi connectivity index (χ2n) is 8.30. The Morgan fingerprint density at radius 1 is 0.871 bits per heavy atom. The number of hydrogen-bond acceptors (Lipinski definition) is 4. The maximum Gasteiger partial charge on any atom is 0.173 e. The highest BCUT2D eigenvalue weighted by molar-refractivity contribution is 5.32. The number of tetrazole rings is 1. The van der Waals surface area contributed by atoms with Crippen LogP contribution in [-0.2, 0) is 25.9 Å². The van der Waals surface area contributed by atoms with Gasteiger partial charge in [0, 0.05) is 19.6 Å².